The number of fused-ring (bicyclic) bond motifs is 1. The highest BCUT2D eigenvalue weighted by Gasteiger charge is 2.45. The van der Waals surface area contributed by atoms with Crippen molar-refractivity contribution in [2.75, 3.05) is 5.32 Å². The van der Waals surface area contributed by atoms with Crippen LogP contribution in [0, 0.1) is 0 Å². The molecule has 1 atom stereocenters. The maximum atomic E-state index is 14.0. The highest BCUT2D eigenvalue weighted by Crippen LogP contribution is 2.40. The van der Waals surface area contributed by atoms with E-state index >= 15 is 0 Å². The van der Waals surface area contributed by atoms with Crippen LogP contribution >= 0.6 is 0 Å². The molecular formula is C10H10FNO. The quantitative estimate of drug-likeness (QED) is 0.703. The first-order valence-corrected chi connectivity index (χ1v) is 4.28. The van der Waals surface area contributed by atoms with E-state index in [1.54, 1.807) is 31.2 Å². The van der Waals surface area contributed by atoms with E-state index in [2.05, 4.69) is 5.32 Å². The molecule has 0 radical (unpaired) electrons. The van der Waals surface area contributed by atoms with Gasteiger partial charge in [-0.3, -0.25) is 4.79 Å². The Kier molecular flexibility index (Phi) is 1.62. The van der Waals surface area contributed by atoms with Crippen molar-refractivity contribution in [3.05, 3.63) is 29.8 Å². The first kappa shape index (κ1) is 8.23. The number of hydrogen-bond acceptors (Lipinski definition) is 1. The number of para-hydroxylation sites is 1. The number of anilines is 1. The number of carbonyl (C=O) groups is 1. The molecule has 68 valence electrons. The molecule has 13 heavy (non-hydrogen) atoms. The van der Waals surface area contributed by atoms with Crippen LogP contribution in [0.1, 0.15) is 18.9 Å². The summed E-state index contributed by atoms with van der Waals surface area (Å²) >= 11 is 0. The van der Waals surface area contributed by atoms with Crippen LogP contribution in [0.4, 0.5) is 10.1 Å². The monoisotopic (exact) mass is 179 g/mol. The summed E-state index contributed by atoms with van der Waals surface area (Å²) in [5, 5.41) is 2.52. The molecule has 2 nitrogen and oxygen atoms in total. The summed E-state index contributed by atoms with van der Waals surface area (Å²) in [6.07, 6.45) is 0.176. The van der Waals surface area contributed by atoms with Crippen LogP contribution < -0.4 is 5.32 Å². The molecule has 3 heteroatoms. The molecule has 1 aliphatic rings. The molecule has 0 saturated carbocycles. The van der Waals surface area contributed by atoms with Crippen molar-refractivity contribution in [2.24, 2.45) is 0 Å². The van der Waals surface area contributed by atoms with Crippen LogP contribution in [0.5, 0.6) is 0 Å². The van der Waals surface area contributed by atoms with Crippen molar-refractivity contribution in [3.8, 4) is 0 Å². The molecule has 1 N–H and O–H groups in total. The van der Waals surface area contributed by atoms with Crippen LogP contribution in [0.15, 0.2) is 24.3 Å². The Bertz CT molecular complexity index is 364. The van der Waals surface area contributed by atoms with Crippen LogP contribution in [0.3, 0.4) is 0 Å². The number of rotatable bonds is 1. The summed E-state index contributed by atoms with van der Waals surface area (Å²) in [5.41, 5.74) is -0.768. The van der Waals surface area contributed by atoms with Crippen LogP contribution in [-0.2, 0) is 10.5 Å². The van der Waals surface area contributed by atoms with E-state index in [0.717, 1.165) is 0 Å². The third-order valence-electron chi connectivity index (χ3n) is 2.45. The topological polar surface area (TPSA) is 29.1 Å². The molecule has 0 aliphatic carbocycles. The lowest BCUT2D eigenvalue weighted by Crippen LogP contribution is -2.28. The second-order valence-electron chi connectivity index (χ2n) is 3.15. The standard InChI is InChI=1S/C10H10FNO/c1-2-10(11)7-5-3-4-6-8(7)12-9(10)13/h3-6H,2H2,1H3,(H,12,13)/t10-/m0/s1. The van der Waals surface area contributed by atoms with Gasteiger partial charge in [-0.1, -0.05) is 25.1 Å². The largest absolute Gasteiger partial charge is 0.323 e. The number of hydrogen-bond donors (Lipinski definition) is 1. The molecule has 1 heterocycles. The van der Waals surface area contributed by atoms with Crippen LogP contribution in [0.25, 0.3) is 0 Å². The average molecular weight is 179 g/mol. The maximum absolute atomic E-state index is 14.0. The summed E-state index contributed by atoms with van der Waals surface area (Å²) in [4.78, 5) is 11.3. The fraction of sp³-hybridized carbons (Fsp3) is 0.300. The second kappa shape index (κ2) is 2.55. The molecule has 1 amide bonds. The van der Waals surface area contributed by atoms with Crippen LogP contribution in [0.2, 0.25) is 0 Å². The summed E-state index contributed by atoms with van der Waals surface area (Å²) in [6.45, 7) is 1.67. The molecule has 1 aromatic rings. The molecule has 1 aliphatic heterocycles. The van der Waals surface area contributed by atoms with Gasteiger partial charge in [0.25, 0.3) is 5.91 Å². The molecule has 0 unspecified atom stereocenters. The Morgan fingerprint density at radius 2 is 2.15 bits per heavy atom. The van der Waals surface area contributed by atoms with Gasteiger partial charge in [-0.25, -0.2) is 4.39 Å². The predicted molar refractivity (Wildman–Crippen MR) is 48.1 cm³/mol. The highest BCUT2D eigenvalue weighted by molar-refractivity contribution is 6.04. The number of nitrogens with one attached hydrogen (secondary N) is 1. The zero-order valence-electron chi connectivity index (χ0n) is 7.30. The molecule has 0 bridgehead atoms. The van der Waals surface area contributed by atoms with Gasteiger partial charge in [0, 0.05) is 11.3 Å². The van der Waals surface area contributed by atoms with E-state index in [1.165, 1.54) is 0 Å². The van der Waals surface area contributed by atoms with E-state index in [4.69, 9.17) is 0 Å². The number of halogens is 1. The zero-order valence-corrected chi connectivity index (χ0v) is 7.30. The van der Waals surface area contributed by atoms with E-state index in [9.17, 15) is 9.18 Å². The number of amides is 1. The first-order valence-electron chi connectivity index (χ1n) is 4.28. The molecule has 2 rings (SSSR count). The Hall–Kier alpha value is -1.38. The van der Waals surface area contributed by atoms with Crippen molar-refractivity contribution in [3.63, 3.8) is 0 Å². The normalized spacial score (nSPS) is 25.5. The zero-order chi connectivity index (χ0) is 9.47. The Labute approximate surface area is 75.8 Å². The Morgan fingerprint density at radius 3 is 2.85 bits per heavy atom. The third kappa shape index (κ3) is 0.963. The molecule has 0 saturated heterocycles. The van der Waals surface area contributed by atoms with Crippen molar-refractivity contribution in [1.82, 2.24) is 0 Å². The number of carbonyl (C=O) groups excluding carboxylic acids is 1. The Morgan fingerprint density at radius 1 is 1.46 bits per heavy atom. The lowest BCUT2D eigenvalue weighted by Gasteiger charge is -2.14. The predicted octanol–water partition coefficient (Wildman–Crippen LogP) is 2.21. The van der Waals surface area contributed by atoms with Gasteiger partial charge in [-0.15, -0.1) is 0 Å². The van der Waals surface area contributed by atoms with E-state index in [0.29, 0.717) is 11.3 Å². The number of benzene rings is 1. The van der Waals surface area contributed by atoms with Gasteiger partial charge in [-0.2, -0.15) is 0 Å². The van der Waals surface area contributed by atoms with Gasteiger partial charge < -0.3 is 5.32 Å². The average Bonchev–Trinajstić information content (AvgIpc) is 2.41. The first-order chi connectivity index (χ1) is 6.18. The van der Waals surface area contributed by atoms with Gasteiger partial charge >= 0.3 is 0 Å². The summed E-state index contributed by atoms with van der Waals surface area (Å²) < 4.78 is 14.0. The minimum Gasteiger partial charge on any atom is -0.323 e. The minimum absolute atomic E-state index is 0.176. The van der Waals surface area contributed by atoms with Crippen molar-refractivity contribution in [1.29, 1.82) is 0 Å². The fourth-order valence-electron chi connectivity index (χ4n) is 1.63. The minimum atomic E-state index is -1.82. The lowest BCUT2D eigenvalue weighted by atomic mass is 9.95. The Balaban J connectivity index is 2.59. The van der Waals surface area contributed by atoms with Crippen LogP contribution in [-0.4, -0.2) is 5.91 Å². The SMILES string of the molecule is CC[C@@]1(F)C(=O)Nc2ccccc21. The third-order valence-corrected chi connectivity index (χ3v) is 2.45. The van der Waals surface area contributed by atoms with Gasteiger partial charge in [0.05, 0.1) is 0 Å². The highest BCUT2D eigenvalue weighted by atomic mass is 19.1. The maximum Gasteiger partial charge on any atom is 0.266 e. The smallest absolute Gasteiger partial charge is 0.266 e. The van der Waals surface area contributed by atoms with E-state index in [1.807, 2.05) is 0 Å². The lowest BCUT2D eigenvalue weighted by molar-refractivity contribution is -0.127. The molecule has 1 aromatic carbocycles. The summed E-state index contributed by atoms with van der Waals surface area (Å²) in [7, 11) is 0. The molecule has 0 fully saturated rings. The van der Waals surface area contributed by atoms with Gasteiger partial charge in [0.1, 0.15) is 0 Å². The van der Waals surface area contributed by atoms with Crippen molar-refractivity contribution >= 4 is 11.6 Å². The summed E-state index contributed by atoms with van der Waals surface area (Å²) in [6, 6.07) is 6.88. The summed E-state index contributed by atoms with van der Waals surface area (Å²) in [5.74, 6) is -0.545. The second-order valence-corrected chi connectivity index (χ2v) is 3.15. The van der Waals surface area contributed by atoms with Crippen molar-refractivity contribution < 1.29 is 9.18 Å². The van der Waals surface area contributed by atoms with E-state index < -0.39 is 11.6 Å². The van der Waals surface area contributed by atoms with Crippen molar-refractivity contribution in [2.45, 2.75) is 19.0 Å². The van der Waals surface area contributed by atoms with Gasteiger partial charge in [0.2, 0.25) is 5.67 Å². The fourth-order valence-corrected chi connectivity index (χ4v) is 1.63. The van der Waals surface area contributed by atoms with Gasteiger partial charge in [-0.05, 0) is 12.5 Å². The van der Waals surface area contributed by atoms with E-state index in [-0.39, 0.29) is 6.42 Å². The van der Waals surface area contributed by atoms with Gasteiger partial charge in [0.15, 0.2) is 0 Å². The molecule has 0 spiro atoms. The molecule has 0 aromatic heterocycles. The molecular weight excluding hydrogens is 169 g/mol. The number of alkyl halides is 1.